The Morgan fingerprint density at radius 3 is 2.17 bits per heavy atom. The molecular formula is C22H29N7O7. The second-order valence-corrected chi connectivity index (χ2v) is 8.12. The van der Waals surface area contributed by atoms with Crippen molar-refractivity contribution in [2.24, 2.45) is 11.5 Å². The minimum atomic E-state index is -1.33. The number of hydrogen-bond donors (Lipinski definition) is 8. The van der Waals surface area contributed by atoms with Gasteiger partial charge in [0.05, 0.1) is 18.8 Å². The van der Waals surface area contributed by atoms with Crippen molar-refractivity contribution in [2.75, 3.05) is 0 Å². The van der Waals surface area contributed by atoms with Crippen molar-refractivity contribution in [1.82, 2.24) is 25.9 Å². The first kappa shape index (κ1) is 27.8. The lowest BCUT2D eigenvalue weighted by atomic mass is 10.0. The van der Waals surface area contributed by atoms with Gasteiger partial charge in [-0.2, -0.15) is 0 Å². The molecule has 14 nitrogen and oxygen atoms in total. The number of carboxylic acid groups (broad SMARTS) is 1. The number of carboxylic acids is 1. The number of aromatic amines is 1. The number of imidazole rings is 1. The van der Waals surface area contributed by atoms with Crippen LogP contribution in [0.5, 0.6) is 5.75 Å². The number of nitrogens with zero attached hydrogens (tertiary/aromatic N) is 1. The zero-order valence-corrected chi connectivity index (χ0v) is 19.4. The van der Waals surface area contributed by atoms with Gasteiger partial charge in [0.25, 0.3) is 0 Å². The first-order valence-electron chi connectivity index (χ1n) is 10.9. The quantitative estimate of drug-likeness (QED) is 0.146. The molecule has 0 spiro atoms. The largest absolute Gasteiger partial charge is 0.508 e. The van der Waals surface area contributed by atoms with Gasteiger partial charge in [0.1, 0.15) is 23.9 Å². The third-order valence-electron chi connectivity index (χ3n) is 5.11. The fraction of sp³-hybridized carbons (Fsp3) is 0.364. The summed E-state index contributed by atoms with van der Waals surface area (Å²) in [6.07, 6.45) is 2.27. The molecule has 10 N–H and O–H groups in total. The fourth-order valence-corrected chi connectivity index (χ4v) is 3.16. The summed E-state index contributed by atoms with van der Waals surface area (Å²) in [5.74, 6) is -4.40. The van der Waals surface area contributed by atoms with E-state index in [2.05, 4.69) is 25.9 Å². The number of aromatic hydroxyl groups is 1. The van der Waals surface area contributed by atoms with E-state index in [-0.39, 0.29) is 18.6 Å². The molecule has 194 valence electrons. The number of rotatable bonds is 13. The molecule has 2 rings (SSSR count). The lowest BCUT2D eigenvalue weighted by Gasteiger charge is -2.23. The van der Waals surface area contributed by atoms with E-state index in [1.165, 1.54) is 43.7 Å². The Labute approximate surface area is 205 Å². The number of amides is 4. The van der Waals surface area contributed by atoms with Crippen LogP contribution in [-0.2, 0) is 36.8 Å². The Kier molecular flexibility index (Phi) is 9.92. The van der Waals surface area contributed by atoms with Crippen LogP contribution in [0.25, 0.3) is 0 Å². The van der Waals surface area contributed by atoms with E-state index < -0.39 is 60.2 Å². The van der Waals surface area contributed by atoms with Crippen LogP contribution in [0, 0.1) is 0 Å². The average molecular weight is 504 g/mol. The molecule has 0 aliphatic rings. The van der Waals surface area contributed by atoms with E-state index in [9.17, 15) is 34.2 Å². The summed E-state index contributed by atoms with van der Waals surface area (Å²) < 4.78 is 0. The SMILES string of the molecule is CC(NC(=O)C(N)CC(N)=O)C(=O)NC(Cc1cnc[nH]1)C(=O)NC(Cc1ccc(O)cc1)C(=O)O. The summed E-state index contributed by atoms with van der Waals surface area (Å²) >= 11 is 0. The van der Waals surface area contributed by atoms with Crippen LogP contribution in [0.3, 0.4) is 0 Å². The van der Waals surface area contributed by atoms with Crippen LogP contribution in [0.2, 0.25) is 0 Å². The molecule has 0 saturated heterocycles. The highest BCUT2D eigenvalue weighted by Gasteiger charge is 2.29. The van der Waals surface area contributed by atoms with E-state index in [0.717, 1.165) is 0 Å². The second kappa shape index (κ2) is 12.9. The number of carbonyl (C=O) groups excluding carboxylic acids is 4. The number of primary amides is 1. The second-order valence-electron chi connectivity index (χ2n) is 8.12. The third kappa shape index (κ3) is 8.72. The highest BCUT2D eigenvalue weighted by molar-refractivity contribution is 5.94. The standard InChI is InChI=1S/C22H29N7O7/c1-11(27-20(33)15(23)8-18(24)31)19(32)28-16(7-13-9-25-10-26-13)21(34)29-17(22(35)36)6-12-2-4-14(30)5-3-12/h2-5,9-11,15-17,30H,6-8,23H2,1H3,(H2,24,31)(H,25,26)(H,27,33)(H,28,32)(H,29,34)(H,35,36). The summed E-state index contributed by atoms with van der Waals surface area (Å²) in [5.41, 5.74) is 11.6. The van der Waals surface area contributed by atoms with Gasteiger partial charge in [0.15, 0.2) is 0 Å². The molecule has 1 aromatic carbocycles. The van der Waals surface area contributed by atoms with Crippen molar-refractivity contribution in [3.05, 3.63) is 48.0 Å². The molecular weight excluding hydrogens is 474 g/mol. The lowest BCUT2D eigenvalue weighted by molar-refractivity contribution is -0.142. The molecule has 4 atom stereocenters. The number of H-pyrrole nitrogens is 1. The van der Waals surface area contributed by atoms with Gasteiger partial charge in [-0.25, -0.2) is 9.78 Å². The monoisotopic (exact) mass is 503 g/mol. The molecule has 0 aliphatic carbocycles. The van der Waals surface area contributed by atoms with Crippen LogP contribution in [0.1, 0.15) is 24.6 Å². The molecule has 36 heavy (non-hydrogen) atoms. The summed E-state index contributed by atoms with van der Waals surface area (Å²) in [7, 11) is 0. The molecule has 0 aliphatic heterocycles. The van der Waals surface area contributed by atoms with Crippen molar-refractivity contribution in [3.63, 3.8) is 0 Å². The highest BCUT2D eigenvalue weighted by atomic mass is 16.4. The van der Waals surface area contributed by atoms with Crippen LogP contribution >= 0.6 is 0 Å². The number of phenols is 1. The number of phenolic OH excluding ortho intramolecular Hbond substituents is 1. The number of aliphatic carboxylic acids is 1. The average Bonchev–Trinajstić information content (AvgIpc) is 3.32. The van der Waals surface area contributed by atoms with E-state index in [4.69, 9.17) is 11.5 Å². The lowest BCUT2D eigenvalue weighted by Crippen LogP contribution is -2.57. The van der Waals surface area contributed by atoms with Crippen molar-refractivity contribution < 1.29 is 34.2 Å². The first-order chi connectivity index (χ1) is 17.0. The van der Waals surface area contributed by atoms with Gasteiger partial charge in [0.2, 0.25) is 23.6 Å². The Morgan fingerprint density at radius 1 is 0.972 bits per heavy atom. The Balaban J connectivity index is 2.10. The Hall–Kier alpha value is -4.46. The molecule has 14 heteroatoms. The Morgan fingerprint density at radius 2 is 1.61 bits per heavy atom. The van der Waals surface area contributed by atoms with Gasteiger partial charge in [-0.3, -0.25) is 19.2 Å². The van der Waals surface area contributed by atoms with Crippen molar-refractivity contribution in [1.29, 1.82) is 0 Å². The minimum absolute atomic E-state index is 0.00814. The molecule has 1 aromatic heterocycles. The number of carbonyl (C=O) groups is 5. The van der Waals surface area contributed by atoms with Gasteiger partial charge >= 0.3 is 5.97 Å². The van der Waals surface area contributed by atoms with Crippen LogP contribution < -0.4 is 27.4 Å². The summed E-state index contributed by atoms with van der Waals surface area (Å²) in [6, 6.07) is 0.887. The normalized spacial score (nSPS) is 14.1. The topological polar surface area (TPSA) is 243 Å². The molecule has 1 heterocycles. The molecule has 0 bridgehead atoms. The van der Waals surface area contributed by atoms with Crippen LogP contribution in [-0.4, -0.2) is 73.9 Å². The maximum absolute atomic E-state index is 13.0. The fourth-order valence-electron chi connectivity index (χ4n) is 3.16. The highest BCUT2D eigenvalue weighted by Crippen LogP contribution is 2.12. The van der Waals surface area contributed by atoms with Gasteiger partial charge in [-0.05, 0) is 24.6 Å². The van der Waals surface area contributed by atoms with Crippen LogP contribution in [0.15, 0.2) is 36.8 Å². The van der Waals surface area contributed by atoms with Crippen molar-refractivity contribution in [2.45, 2.75) is 50.4 Å². The van der Waals surface area contributed by atoms with Crippen molar-refractivity contribution in [3.8, 4) is 5.75 Å². The number of hydrogen-bond acceptors (Lipinski definition) is 8. The maximum Gasteiger partial charge on any atom is 0.326 e. The Bertz CT molecular complexity index is 1070. The number of benzene rings is 1. The molecule has 2 aromatic rings. The molecule has 0 radical (unpaired) electrons. The van der Waals surface area contributed by atoms with E-state index in [1.54, 1.807) is 0 Å². The summed E-state index contributed by atoms with van der Waals surface area (Å²) in [4.78, 5) is 67.2. The number of nitrogens with two attached hydrogens (primary N) is 2. The van der Waals surface area contributed by atoms with Crippen LogP contribution in [0.4, 0.5) is 0 Å². The van der Waals surface area contributed by atoms with E-state index in [0.29, 0.717) is 11.3 Å². The van der Waals surface area contributed by atoms with E-state index >= 15 is 0 Å². The third-order valence-corrected chi connectivity index (χ3v) is 5.11. The molecule has 0 fully saturated rings. The smallest absolute Gasteiger partial charge is 0.326 e. The molecule has 0 saturated carbocycles. The predicted octanol–water partition coefficient (Wildman–Crippen LogP) is -2.34. The first-order valence-corrected chi connectivity index (χ1v) is 10.9. The summed E-state index contributed by atoms with van der Waals surface area (Å²) in [6.45, 7) is 1.35. The van der Waals surface area contributed by atoms with E-state index in [1.807, 2.05) is 0 Å². The predicted molar refractivity (Wildman–Crippen MR) is 125 cm³/mol. The van der Waals surface area contributed by atoms with Crippen molar-refractivity contribution >= 4 is 29.6 Å². The van der Waals surface area contributed by atoms with Gasteiger partial charge in [-0.1, -0.05) is 12.1 Å². The van der Waals surface area contributed by atoms with Gasteiger partial charge in [-0.15, -0.1) is 0 Å². The minimum Gasteiger partial charge on any atom is -0.508 e. The molecule has 4 amide bonds. The zero-order valence-electron chi connectivity index (χ0n) is 19.4. The molecule has 4 unspecified atom stereocenters. The number of nitrogens with one attached hydrogen (secondary N) is 4. The zero-order chi connectivity index (χ0) is 26.8. The van der Waals surface area contributed by atoms with Gasteiger partial charge < -0.3 is 42.6 Å². The van der Waals surface area contributed by atoms with Gasteiger partial charge in [0, 0.05) is 24.7 Å². The maximum atomic E-state index is 13.0. The number of aromatic nitrogens is 2. The summed E-state index contributed by atoms with van der Waals surface area (Å²) in [5, 5.41) is 26.2.